The summed E-state index contributed by atoms with van der Waals surface area (Å²) >= 11 is 0. The van der Waals surface area contributed by atoms with Gasteiger partial charge in [-0.05, 0) is 72.6 Å². The Hall–Kier alpha value is -2.16. The lowest BCUT2D eigenvalue weighted by atomic mass is 9.75. The van der Waals surface area contributed by atoms with Gasteiger partial charge in [-0.15, -0.1) is 0 Å². The van der Waals surface area contributed by atoms with Gasteiger partial charge in [0.1, 0.15) is 5.60 Å². The molecule has 2 fully saturated rings. The van der Waals surface area contributed by atoms with E-state index in [1.54, 1.807) is 34.8 Å². The normalized spacial score (nSPS) is 22.4. The molecule has 2 N–H and O–H groups in total. The molecule has 9 heteroatoms. The molecule has 9 nitrogen and oxygen atoms in total. The average Bonchev–Trinajstić information content (AvgIpc) is 3.28. The van der Waals surface area contributed by atoms with Gasteiger partial charge in [0.15, 0.2) is 0 Å². The van der Waals surface area contributed by atoms with Crippen LogP contribution in [0.3, 0.4) is 0 Å². The van der Waals surface area contributed by atoms with Crippen LogP contribution in [-0.4, -0.2) is 62.3 Å². The molecular weight excluding hydrogens is 464 g/mol. The second-order valence-corrected chi connectivity index (χ2v) is 11.2. The molecule has 2 amide bonds. The van der Waals surface area contributed by atoms with Crippen LogP contribution < -0.4 is 10.6 Å². The third kappa shape index (κ3) is 9.37. The Morgan fingerprint density at radius 3 is 2.22 bits per heavy atom. The van der Waals surface area contributed by atoms with Crippen LogP contribution in [0.4, 0.5) is 0 Å². The first-order chi connectivity index (χ1) is 17.0. The summed E-state index contributed by atoms with van der Waals surface area (Å²) in [5.41, 5.74) is -1.39. The van der Waals surface area contributed by atoms with Gasteiger partial charge in [-0.3, -0.25) is 19.2 Å². The van der Waals surface area contributed by atoms with Crippen molar-refractivity contribution in [3.8, 4) is 0 Å². The zero-order valence-electron chi connectivity index (χ0n) is 22.8. The maximum absolute atomic E-state index is 13.6. The molecule has 2 rings (SSSR count). The Balaban J connectivity index is 2.07. The molecule has 36 heavy (non-hydrogen) atoms. The highest BCUT2D eigenvalue weighted by atomic mass is 16.6. The number of carbonyl (C=O) groups excluding carboxylic acids is 4. The Labute approximate surface area is 215 Å². The number of ether oxygens (including phenoxy) is 3. The summed E-state index contributed by atoms with van der Waals surface area (Å²) in [5.74, 6) is -1.72. The van der Waals surface area contributed by atoms with Gasteiger partial charge < -0.3 is 24.8 Å². The van der Waals surface area contributed by atoms with Gasteiger partial charge in [-0.25, -0.2) is 0 Å². The Kier molecular flexibility index (Phi) is 11.7. The van der Waals surface area contributed by atoms with E-state index in [9.17, 15) is 19.2 Å². The molecule has 2 aliphatic rings. The lowest BCUT2D eigenvalue weighted by molar-refractivity contribution is -0.163. The van der Waals surface area contributed by atoms with Gasteiger partial charge in [0.05, 0.1) is 30.5 Å². The van der Waals surface area contributed by atoms with Gasteiger partial charge in [-0.2, -0.15) is 0 Å². The highest BCUT2D eigenvalue weighted by Crippen LogP contribution is 2.45. The number of carbonyl (C=O) groups is 4. The number of esters is 2. The zero-order chi connectivity index (χ0) is 26.8. The predicted molar refractivity (Wildman–Crippen MR) is 135 cm³/mol. The first-order valence-corrected chi connectivity index (χ1v) is 13.5. The van der Waals surface area contributed by atoms with E-state index < -0.39 is 22.9 Å². The third-order valence-corrected chi connectivity index (χ3v) is 7.16. The molecule has 0 heterocycles. The summed E-state index contributed by atoms with van der Waals surface area (Å²) in [6, 6.07) is -0.00188. The Bertz CT molecular complexity index is 748. The number of amides is 2. The van der Waals surface area contributed by atoms with Gasteiger partial charge in [0.25, 0.3) is 0 Å². The van der Waals surface area contributed by atoms with Crippen LogP contribution in [0.15, 0.2) is 0 Å². The molecule has 0 saturated heterocycles. The summed E-state index contributed by atoms with van der Waals surface area (Å²) in [5, 5.41) is 6.00. The van der Waals surface area contributed by atoms with E-state index in [2.05, 4.69) is 10.6 Å². The van der Waals surface area contributed by atoms with Crippen molar-refractivity contribution in [2.45, 2.75) is 104 Å². The van der Waals surface area contributed by atoms with E-state index in [1.165, 1.54) is 0 Å². The standard InChI is InChI=1S/C27H46N2O7/c1-6-35-23(31)19-9-11-21(12-10-19)29-25(33)27(13-7-8-14-27)18-20(24(32)36-26(2,3)4)17-22(30)28-15-16-34-5/h19-21H,6-18H2,1-5H3,(H,28,30)(H,29,33). The average molecular weight is 511 g/mol. The van der Waals surface area contributed by atoms with Crippen LogP contribution in [-0.2, 0) is 33.4 Å². The first-order valence-electron chi connectivity index (χ1n) is 13.5. The molecule has 0 radical (unpaired) electrons. The fourth-order valence-corrected chi connectivity index (χ4v) is 5.33. The van der Waals surface area contributed by atoms with E-state index in [0.29, 0.717) is 45.4 Å². The van der Waals surface area contributed by atoms with Crippen molar-refractivity contribution in [3.05, 3.63) is 0 Å². The molecule has 0 aromatic rings. The quantitative estimate of drug-likeness (QED) is 0.305. The number of methoxy groups -OCH3 is 1. The highest BCUT2D eigenvalue weighted by Gasteiger charge is 2.46. The molecule has 2 saturated carbocycles. The molecule has 1 unspecified atom stereocenters. The van der Waals surface area contributed by atoms with Gasteiger partial charge >= 0.3 is 11.9 Å². The van der Waals surface area contributed by atoms with Crippen molar-refractivity contribution in [2.75, 3.05) is 26.9 Å². The van der Waals surface area contributed by atoms with E-state index in [-0.39, 0.29) is 42.6 Å². The molecule has 1 atom stereocenters. The van der Waals surface area contributed by atoms with Crippen LogP contribution in [0, 0.1) is 17.3 Å². The zero-order valence-corrected chi connectivity index (χ0v) is 22.8. The van der Waals surface area contributed by atoms with Crippen molar-refractivity contribution in [1.82, 2.24) is 10.6 Å². The van der Waals surface area contributed by atoms with Gasteiger partial charge in [0, 0.05) is 26.1 Å². The minimum Gasteiger partial charge on any atom is -0.466 e. The topological polar surface area (TPSA) is 120 Å². The molecule has 2 aliphatic carbocycles. The minimum atomic E-state index is -0.713. The Morgan fingerprint density at radius 2 is 1.67 bits per heavy atom. The number of rotatable bonds is 12. The molecule has 0 aliphatic heterocycles. The van der Waals surface area contributed by atoms with Crippen molar-refractivity contribution < 1.29 is 33.4 Å². The molecule has 0 aromatic carbocycles. The Morgan fingerprint density at radius 1 is 1.03 bits per heavy atom. The smallest absolute Gasteiger partial charge is 0.310 e. The van der Waals surface area contributed by atoms with Crippen LogP contribution in [0.5, 0.6) is 0 Å². The summed E-state index contributed by atoms with van der Waals surface area (Å²) in [6.45, 7) is 8.31. The first kappa shape index (κ1) is 30.1. The minimum absolute atomic E-state index is 0.00188. The summed E-state index contributed by atoms with van der Waals surface area (Å²) < 4.78 is 15.8. The highest BCUT2D eigenvalue weighted by molar-refractivity contribution is 5.86. The largest absolute Gasteiger partial charge is 0.466 e. The molecule has 206 valence electrons. The van der Waals surface area contributed by atoms with Gasteiger partial charge in [-0.1, -0.05) is 12.8 Å². The van der Waals surface area contributed by atoms with Crippen LogP contribution in [0.25, 0.3) is 0 Å². The molecular formula is C27H46N2O7. The molecule has 0 aromatic heterocycles. The van der Waals surface area contributed by atoms with E-state index in [0.717, 1.165) is 25.7 Å². The lowest BCUT2D eigenvalue weighted by Gasteiger charge is -2.35. The molecule has 0 spiro atoms. The van der Waals surface area contributed by atoms with Crippen molar-refractivity contribution in [2.24, 2.45) is 17.3 Å². The van der Waals surface area contributed by atoms with Crippen LogP contribution in [0.1, 0.15) is 91.9 Å². The monoisotopic (exact) mass is 510 g/mol. The maximum atomic E-state index is 13.6. The van der Waals surface area contributed by atoms with E-state index in [1.807, 2.05) is 0 Å². The number of hydrogen-bond acceptors (Lipinski definition) is 7. The van der Waals surface area contributed by atoms with Crippen molar-refractivity contribution in [1.29, 1.82) is 0 Å². The fraction of sp³-hybridized carbons (Fsp3) is 0.852. The number of hydrogen-bond donors (Lipinski definition) is 2. The summed E-state index contributed by atoms with van der Waals surface area (Å²) in [4.78, 5) is 51.4. The summed E-state index contributed by atoms with van der Waals surface area (Å²) in [6.07, 6.45) is 6.27. The summed E-state index contributed by atoms with van der Waals surface area (Å²) in [7, 11) is 1.56. The van der Waals surface area contributed by atoms with E-state index >= 15 is 0 Å². The van der Waals surface area contributed by atoms with Crippen molar-refractivity contribution in [3.63, 3.8) is 0 Å². The second kappa shape index (κ2) is 14.0. The predicted octanol–water partition coefficient (Wildman–Crippen LogP) is 3.29. The molecule has 0 bridgehead atoms. The van der Waals surface area contributed by atoms with Crippen LogP contribution >= 0.6 is 0 Å². The second-order valence-electron chi connectivity index (χ2n) is 11.2. The number of nitrogens with one attached hydrogen (secondary N) is 2. The van der Waals surface area contributed by atoms with E-state index in [4.69, 9.17) is 14.2 Å². The van der Waals surface area contributed by atoms with Gasteiger partial charge in [0.2, 0.25) is 11.8 Å². The maximum Gasteiger partial charge on any atom is 0.310 e. The van der Waals surface area contributed by atoms with Crippen LogP contribution in [0.2, 0.25) is 0 Å². The van der Waals surface area contributed by atoms with Crippen molar-refractivity contribution >= 4 is 23.8 Å². The lowest BCUT2D eigenvalue weighted by Crippen LogP contribution is -2.48. The SMILES string of the molecule is CCOC(=O)C1CCC(NC(=O)C2(CC(CC(=O)NCCOC)C(=O)OC(C)(C)C)CCCC2)CC1. The third-order valence-electron chi connectivity index (χ3n) is 7.16. The fourth-order valence-electron chi connectivity index (χ4n) is 5.33.